The van der Waals surface area contributed by atoms with Crippen LogP contribution in [0.3, 0.4) is 0 Å². The van der Waals surface area contributed by atoms with Crippen molar-refractivity contribution < 1.29 is 5.11 Å². The highest BCUT2D eigenvalue weighted by Crippen LogP contribution is 2.40. The highest BCUT2D eigenvalue weighted by Gasteiger charge is 2.30. The van der Waals surface area contributed by atoms with E-state index in [1.54, 1.807) is 12.1 Å². The third-order valence-corrected chi connectivity index (χ3v) is 4.39. The topological polar surface area (TPSA) is 32.3 Å². The number of rotatable bonds is 3. The SMILES string of the molecule is Cc1ccccc1C1CC(Nc2ccc(O)c(Cl)c2)C1. The first-order valence-electron chi connectivity index (χ1n) is 6.94. The van der Waals surface area contributed by atoms with Crippen LogP contribution in [0.1, 0.15) is 29.9 Å². The molecule has 2 aromatic carbocycles. The van der Waals surface area contributed by atoms with Crippen molar-refractivity contribution in [1.29, 1.82) is 0 Å². The van der Waals surface area contributed by atoms with Crippen LogP contribution >= 0.6 is 11.6 Å². The minimum Gasteiger partial charge on any atom is -0.506 e. The van der Waals surface area contributed by atoms with E-state index >= 15 is 0 Å². The van der Waals surface area contributed by atoms with Gasteiger partial charge in [-0.1, -0.05) is 35.9 Å². The molecule has 104 valence electrons. The van der Waals surface area contributed by atoms with Crippen LogP contribution in [-0.4, -0.2) is 11.1 Å². The van der Waals surface area contributed by atoms with E-state index in [9.17, 15) is 5.11 Å². The van der Waals surface area contributed by atoms with Crippen LogP contribution in [0.15, 0.2) is 42.5 Å². The van der Waals surface area contributed by atoms with E-state index in [2.05, 4.69) is 36.5 Å². The lowest BCUT2D eigenvalue weighted by atomic mass is 9.74. The van der Waals surface area contributed by atoms with Gasteiger partial charge >= 0.3 is 0 Å². The zero-order chi connectivity index (χ0) is 14.1. The van der Waals surface area contributed by atoms with E-state index in [1.165, 1.54) is 11.1 Å². The van der Waals surface area contributed by atoms with Gasteiger partial charge in [-0.2, -0.15) is 0 Å². The molecule has 0 aromatic heterocycles. The minimum atomic E-state index is 0.128. The number of hydrogen-bond donors (Lipinski definition) is 2. The first-order valence-corrected chi connectivity index (χ1v) is 7.32. The summed E-state index contributed by atoms with van der Waals surface area (Å²) in [7, 11) is 0. The standard InChI is InChI=1S/C17H18ClNO/c1-11-4-2-3-5-15(11)12-8-14(9-12)19-13-6-7-17(20)16(18)10-13/h2-7,10,12,14,19-20H,8-9H2,1H3. The first kappa shape index (κ1) is 13.3. The van der Waals surface area contributed by atoms with Gasteiger partial charge < -0.3 is 10.4 Å². The number of phenolic OH excluding ortho intramolecular Hbond substituents is 1. The Hall–Kier alpha value is -1.67. The zero-order valence-corrected chi connectivity index (χ0v) is 12.2. The molecule has 3 heteroatoms. The van der Waals surface area contributed by atoms with Crippen LogP contribution in [0.5, 0.6) is 5.75 Å². The second-order valence-corrected chi connectivity index (χ2v) is 5.94. The fraction of sp³-hybridized carbons (Fsp3) is 0.294. The Morgan fingerprint density at radius 3 is 2.60 bits per heavy atom. The molecule has 1 saturated carbocycles. The number of aryl methyl sites for hydroxylation is 1. The van der Waals surface area contributed by atoms with E-state index in [1.807, 2.05) is 6.07 Å². The van der Waals surface area contributed by atoms with Gasteiger partial charge in [-0.3, -0.25) is 0 Å². The van der Waals surface area contributed by atoms with Gasteiger partial charge in [0.2, 0.25) is 0 Å². The summed E-state index contributed by atoms with van der Waals surface area (Å²) in [6, 6.07) is 14.4. The van der Waals surface area contributed by atoms with Crippen molar-refractivity contribution in [3.63, 3.8) is 0 Å². The summed E-state index contributed by atoms with van der Waals surface area (Å²) in [6.45, 7) is 2.18. The third-order valence-electron chi connectivity index (χ3n) is 4.08. The molecule has 20 heavy (non-hydrogen) atoms. The summed E-state index contributed by atoms with van der Waals surface area (Å²) in [5, 5.41) is 13.3. The lowest BCUT2D eigenvalue weighted by Gasteiger charge is -2.37. The predicted octanol–water partition coefficient (Wildman–Crippen LogP) is 4.71. The molecule has 2 aromatic rings. The van der Waals surface area contributed by atoms with Gasteiger partial charge in [-0.15, -0.1) is 0 Å². The van der Waals surface area contributed by atoms with Crippen LogP contribution in [0.4, 0.5) is 5.69 Å². The summed E-state index contributed by atoms with van der Waals surface area (Å²) in [4.78, 5) is 0. The number of halogens is 1. The molecule has 0 heterocycles. The number of phenols is 1. The maximum Gasteiger partial charge on any atom is 0.134 e. The maximum absolute atomic E-state index is 9.41. The molecule has 0 bridgehead atoms. The van der Waals surface area contributed by atoms with Crippen molar-refractivity contribution >= 4 is 17.3 Å². The third kappa shape index (κ3) is 2.61. The van der Waals surface area contributed by atoms with Gasteiger partial charge in [0, 0.05) is 11.7 Å². The molecule has 1 aliphatic rings. The molecular weight excluding hydrogens is 270 g/mol. The van der Waals surface area contributed by atoms with Gasteiger partial charge in [0.25, 0.3) is 0 Å². The summed E-state index contributed by atoms with van der Waals surface area (Å²) < 4.78 is 0. The van der Waals surface area contributed by atoms with E-state index in [4.69, 9.17) is 11.6 Å². The minimum absolute atomic E-state index is 0.128. The van der Waals surface area contributed by atoms with Crippen molar-refractivity contribution in [2.75, 3.05) is 5.32 Å². The van der Waals surface area contributed by atoms with E-state index in [-0.39, 0.29) is 5.75 Å². The maximum atomic E-state index is 9.41. The Morgan fingerprint density at radius 2 is 1.90 bits per heavy atom. The lowest BCUT2D eigenvalue weighted by molar-refractivity contribution is 0.373. The summed E-state index contributed by atoms with van der Waals surface area (Å²) in [6.07, 6.45) is 2.28. The quantitative estimate of drug-likeness (QED) is 0.801. The average molecular weight is 288 g/mol. The summed E-state index contributed by atoms with van der Waals surface area (Å²) in [5.41, 5.74) is 3.82. The Morgan fingerprint density at radius 1 is 1.15 bits per heavy atom. The molecule has 1 fully saturated rings. The molecule has 0 radical (unpaired) electrons. The van der Waals surface area contributed by atoms with Gasteiger partial charge in [0.05, 0.1) is 5.02 Å². The predicted molar refractivity (Wildman–Crippen MR) is 83.7 cm³/mol. The molecule has 0 atom stereocenters. The van der Waals surface area contributed by atoms with Crippen LogP contribution in [0.2, 0.25) is 5.02 Å². The molecule has 2 N–H and O–H groups in total. The molecule has 0 unspecified atom stereocenters. The summed E-state index contributed by atoms with van der Waals surface area (Å²) in [5.74, 6) is 0.782. The number of aromatic hydroxyl groups is 1. The fourth-order valence-electron chi connectivity index (χ4n) is 2.87. The Labute approximate surface area is 124 Å². The first-order chi connectivity index (χ1) is 9.63. The van der Waals surface area contributed by atoms with Crippen molar-refractivity contribution in [3.05, 3.63) is 58.6 Å². The smallest absolute Gasteiger partial charge is 0.134 e. The average Bonchev–Trinajstić information content (AvgIpc) is 2.39. The Balaban J connectivity index is 1.61. The van der Waals surface area contributed by atoms with Gasteiger partial charge in [-0.25, -0.2) is 0 Å². The molecule has 0 aliphatic heterocycles. The van der Waals surface area contributed by atoms with Crippen LogP contribution in [0, 0.1) is 6.92 Å². The number of benzene rings is 2. The molecule has 2 nitrogen and oxygen atoms in total. The number of anilines is 1. The van der Waals surface area contributed by atoms with Crippen LogP contribution in [-0.2, 0) is 0 Å². The van der Waals surface area contributed by atoms with Crippen molar-refractivity contribution in [2.24, 2.45) is 0 Å². The molecule has 0 spiro atoms. The van der Waals surface area contributed by atoms with Gasteiger partial charge in [-0.05, 0) is 55.0 Å². The second kappa shape index (κ2) is 5.37. The van der Waals surface area contributed by atoms with E-state index in [0.717, 1.165) is 18.5 Å². The number of nitrogens with one attached hydrogen (secondary N) is 1. The van der Waals surface area contributed by atoms with E-state index in [0.29, 0.717) is 17.0 Å². The van der Waals surface area contributed by atoms with Crippen molar-refractivity contribution in [3.8, 4) is 5.75 Å². The number of hydrogen-bond acceptors (Lipinski definition) is 2. The molecule has 0 saturated heterocycles. The monoisotopic (exact) mass is 287 g/mol. The Kier molecular flexibility index (Phi) is 3.58. The highest BCUT2D eigenvalue weighted by atomic mass is 35.5. The summed E-state index contributed by atoms with van der Waals surface area (Å²) >= 11 is 5.91. The van der Waals surface area contributed by atoms with Crippen LogP contribution < -0.4 is 5.32 Å². The molecule has 1 aliphatic carbocycles. The fourth-order valence-corrected chi connectivity index (χ4v) is 3.05. The van der Waals surface area contributed by atoms with E-state index < -0.39 is 0 Å². The highest BCUT2D eigenvalue weighted by molar-refractivity contribution is 6.32. The second-order valence-electron chi connectivity index (χ2n) is 5.53. The van der Waals surface area contributed by atoms with Gasteiger partial charge in [0.15, 0.2) is 0 Å². The zero-order valence-electron chi connectivity index (χ0n) is 11.4. The van der Waals surface area contributed by atoms with Crippen molar-refractivity contribution in [2.45, 2.75) is 31.7 Å². The Bertz CT molecular complexity index is 620. The lowest BCUT2D eigenvalue weighted by Crippen LogP contribution is -2.34. The van der Waals surface area contributed by atoms with Crippen LogP contribution in [0.25, 0.3) is 0 Å². The molecule has 0 amide bonds. The van der Waals surface area contributed by atoms with Crippen molar-refractivity contribution in [1.82, 2.24) is 0 Å². The molecule has 3 rings (SSSR count). The molecular formula is C17H18ClNO. The van der Waals surface area contributed by atoms with Gasteiger partial charge in [0.1, 0.15) is 5.75 Å². The largest absolute Gasteiger partial charge is 0.506 e. The normalized spacial score (nSPS) is 21.3.